The van der Waals surface area contributed by atoms with Crippen molar-refractivity contribution in [3.05, 3.63) is 59.2 Å². The molecule has 2 aromatic carbocycles. The molecule has 1 heterocycles. The van der Waals surface area contributed by atoms with Crippen molar-refractivity contribution in [1.82, 2.24) is 5.32 Å². The van der Waals surface area contributed by atoms with Crippen LogP contribution in [0.5, 0.6) is 5.75 Å². The molecule has 6 nitrogen and oxygen atoms in total. The van der Waals surface area contributed by atoms with Crippen molar-refractivity contribution < 1.29 is 17.9 Å². The molecule has 0 aromatic heterocycles. The number of aryl methyl sites for hydroxylation is 1. The van der Waals surface area contributed by atoms with Gasteiger partial charge in [0.05, 0.1) is 24.6 Å². The number of benzene rings is 2. The van der Waals surface area contributed by atoms with E-state index < -0.39 is 10.0 Å². The summed E-state index contributed by atoms with van der Waals surface area (Å²) in [4.78, 5) is 12.9. The van der Waals surface area contributed by atoms with E-state index in [0.717, 1.165) is 29.7 Å². The Morgan fingerprint density at radius 2 is 1.90 bits per heavy atom. The van der Waals surface area contributed by atoms with Crippen LogP contribution in [0.4, 0.5) is 5.69 Å². The van der Waals surface area contributed by atoms with Crippen molar-refractivity contribution in [2.75, 3.05) is 23.7 Å². The Morgan fingerprint density at radius 1 is 1.17 bits per heavy atom. The van der Waals surface area contributed by atoms with Crippen LogP contribution in [-0.4, -0.2) is 33.7 Å². The molecule has 1 aliphatic rings. The van der Waals surface area contributed by atoms with Crippen molar-refractivity contribution in [2.24, 2.45) is 0 Å². The summed E-state index contributed by atoms with van der Waals surface area (Å²) in [5, 5.41) is 3.06. The molecule has 1 saturated heterocycles. The van der Waals surface area contributed by atoms with Gasteiger partial charge in [0, 0.05) is 12.1 Å². The van der Waals surface area contributed by atoms with Gasteiger partial charge in [-0.1, -0.05) is 25.1 Å². The zero-order valence-corrected chi connectivity index (χ0v) is 18.0. The molecule has 1 N–H and O–H groups in total. The topological polar surface area (TPSA) is 75.7 Å². The summed E-state index contributed by atoms with van der Waals surface area (Å²) >= 11 is 0. The highest BCUT2D eigenvalue weighted by atomic mass is 32.2. The highest BCUT2D eigenvalue weighted by Gasteiger charge is 2.28. The number of carbonyl (C=O) groups excluding carboxylic acids is 1. The summed E-state index contributed by atoms with van der Waals surface area (Å²) in [7, 11) is -1.71. The van der Waals surface area contributed by atoms with Crippen molar-refractivity contribution in [1.29, 1.82) is 0 Å². The first-order chi connectivity index (χ1) is 13.9. The first kappa shape index (κ1) is 21.2. The minimum absolute atomic E-state index is 0.142. The Kier molecular flexibility index (Phi) is 6.47. The first-order valence-corrected chi connectivity index (χ1v) is 11.5. The van der Waals surface area contributed by atoms with Crippen molar-refractivity contribution in [3.63, 3.8) is 0 Å². The molecular weight excluding hydrogens is 388 g/mol. The Morgan fingerprint density at radius 3 is 2.52 bits per heavy atom. The summed E-state index contributed by atoms with van der Waals surface area (Å²) in [5.74, 6) is 0.697. The second-order valence-electron chi connectivity index (χ2n) is 7.30. The smallest absolute Gasteiger partial charge is 0.251 e. The van der Waals surface area contributed by atoms with Crippen LogP contribution in [0.25, 0.3) is 0 Å². The van der Waals surface area contributed by atoms with E-state index in [9.17, 15) is 13.2 Å². The molecular formula is C22H28N2O4S. The number of rotatable bonds is 6. The van der Waals surface area contributed by atoms with E-state index in [-0.39, 0.29) is 17.7 Å². The number of nitrogens with one attached hydrogen (secondary N) is 1. The molecule has 1 aliphatic heterocycles. The monoisotopic (exact) mass is 416 g/mol. The van der Waals surface area contributed by atoms with E-state index in [1.165, 1.54) is 4.31 Å². The third-order valence-electron chi connectivity index (χ3n) is 5.32. The van der Waals surface area contributed by atoms with Gasteiger partial charge < -0.3 is 10.1 Å². The number of anilines is 1. The van der Waals surface area contributed by atoms with Gasteiger partial charge in [0.2, 0.25) is 10.0 Å². The maximum Gasteiger partial charge on any atom is 0.251 e. The second-order valence-corrected chi connectivity index (χ2v) is 9.32. The largest absolute Gasteiger partial charge is 0.497 e. The number of methoxy groups -OCH3 is 1. The fourth-order valence-corrected chi connectivity index (χ4v) is 5.27. The van der Waals surface area contributed by atoms with Gasteiger partial charge in [-0.2, -0.15) is 0 Å². The molecule has 0 radical (unpaired) electrons. The number of sulfonamides is 1. The zero-order valence-electron chi connectivity index (χ0n) is 17.1. The molecule has 0 bridgehead atoms. The Bertz CT molecular complexity index is 971. The Labute approximate surface area is 172 Å². The number of hydrogen-bond donors (Lipinski definition) is 1. The van der Waals surface area contributed by atoms with Crippen LogP contribution in [0.3, 0.4) is 0 Å². The lowest BCUT2D eigenvalue weighted by atomic mass is 10.0. The van der Waals surface area contributed by atoms with Crippen LogP contribution >= 0.6 is 0 Å². The van der Waals surface area contributed by atoms with Crippen LogP contribution in [0.15, 0.2) is 42.5 Å². The lowest BCUT2D eigenvalue weighted by molar-refractivity contribution is 0.0935. The molecule has 0 aliphatic carbocycles. The second kappa shape index (κ2) is 8.86. The average Bonchev–Trinajstić information content (AvgIpc) is 2.72. The molecule has 1 atom stereocenters. The molecule has 1 fully saturated rings. The zero-order chi connectivity index (χ0) is 21.0. The van der Waals surface area contributed by atoms with E-state index in [1.54, 1.807) is 19.2 Å². The minimum Gasteiger partial charge on any atom is -0.497 e. The van der Waals surface area contributed by atoms with Gasteiger partial charge in [-0.15, -0.1) is 0 Å². The van der Waals surface area contributed by atoms with Crippen molar-refractivity contribution in [3.8, 4) is 5.75 Å². The van der Waals surface area contributed by atoms with E-state index in [1.807, 2.05) is 44.2 Å². The Hall–Kier alpha value is -2.54. The SMILES string of the molecule is CC[C@@H](NC(=O)c1ccc(C)c(N2CCCCS2(=O)=O)c1)c1ccc(OC)cc1. The average molecular weight is 417 g/mol. The molecule has 1 amide bonds. The molecule has 2 aromatic rings. The molecule has 7 heteroatoms. The van der Waals surface area contributed by atoms with Gasteiger partial charge in [-0.25, -0.2) is 8.42 Å². The predicted octanol–water partition coefficient (Wildman–Crippen LogP) is 3.81. The number of carbonyl (C=O) groups is 1. The fraction of sp³-hybridized carbons (Fsp3) is 0.409. The van der Waals surface area contributed by atoms with Gasteiger partial charge in [0.1, 0.15) is 5.75 Å². The Balaban J connectivity index is 1.83. The maximum atomic E-state index is 12.9. The van der Waals surface area contributed by atoms with Crippen LogP contribution in [-0.2, 0) is 10.0 Å². The van der Waals surface area contributed by atoms with Crippen LogP contribution < -0.4 is 14.4 Å². The molecule has 0 spiro atoms. The summed E-state index contributed by atoms with van der Waals surface area (Å²) in [6.07, 6.45) is 2.24. The number of amides is 1. The van der Waals surface area contributed by atoms with E-state index in [4.69, 9.17) is 4.74 Å². The molecule has 0 saturated carbocycles. The molecule has 3 rings (SSSR count). The molecule has 29 heavy (non-hydrogen) atoms. The lowest BCUT2D eigenvalue weighted by Gasteiger charge is -2.30. The standard InChI is InChI=1S/C22H28N2O4S/c1-4-20(17-9-11-19(28-3)12-10-17)23-22(25)18-8-7-16(2)21(15-18)24-13-5-6-14-29(24,26)27/h7-12,15,20H,4-6,13-14H2,1-3H3,(H,23,25)/t20-/m1/s1. The minimum atomic E-state index is -3.33. The third-order valence-corrected chi connectivity index (χ3v) is 7.18. The van der Waals surface area contributed by atoms with Crippen LogP contribution in [0, 0.1) is 6.92 Å². The van der Waals surface area contributed by atoms with E-state index >= 15 is 0 Å². The fourth-order valence-electron chi connectivity index (χ4n) is 3.58. The third kappa shape index (κ3) is 4.72. The number of nitrogens with zero attached hydrogens (tertiary/aromatic N) is 1. The number of hydrogen-bond acceptors (Lipinski definition) is 4. The predicted molar refractivity (Wildman–Crippen MR) is 115 cm³/mol. The highest BCUT2D eigenvalue weighted by molar-refractivity contribution is 7.92. The van der Waals surface area contributed by atoms with Crippen LogP contribution in [0.1, 0.15) is 53.7 Å². The normalized spacial score (nSPS) is 16.9. The molecule has 0 unspecified atom stereocenters. The quantitative estimate of drug-likeness (QED) is 0.777. The molecule has 156 valence electrons. The first-order valence-electron chi connectivity index (χ1n) is 9.91. The maximum absolute atomic E-state index is 12.9. The summed E-state index contributed by atoms with van der Waals surface area (Å²) in [5.41, 5.74) is 2.88. The van der Waals surface area contributed by atoms with Crippen molar-refractivity contribution >= 4 is 21.6 Å². The summed E-state index contributed by atoms with van der Waals surface area (Å²) < 4.78 is 31.6. The van der Waals surface area contributed by atoms with Crippen molar-refractivity contribution in [2.45, 2.75) is 39.2 Å². The lowest BCUT2D eigenvalue weighted by Crippen LogP contribution is -2.38. The van der Waals surface area contributed by atoms with Gasteiger partial charge in [-0.05, 0) is 61.6 Å². The summed E-state index contributed by atoms with van der Waals surface area (Å²) in [6, 6.07) is 12.7. The van der Waals surface area contributed by atoms with Crippen LogP contribution in [0.2, 0.25) is 0 Å². The van der Waals surface area contributed by atoms with Gasteiger partial charge in [0.15, 0.2) is 0 Å². The van der Waals surface area contributed by atoms with Gasteiger partial charge >= 0.3 is 0 Å². The van der Waals surface area contributed by atoms with Gasteiger partial charge in [-0.3, -0.25) is 9.10 Å². The summed E-state index contributed by atoms with van der Waals surface area (Å²) in [6.45, 7) is 4.33. The number of ether oxygens (including phenoxy) is 1. The van der Waals surface area contributed by atoms with E-state index in [2.05, 4.69) is 5.32 Å². The van der Waals surface area contributed by atoms with E-state index in [0.29, 0.717) is 24.2 Å². The van der Waals surface area contributed by atoms with Gasteiger partial charge in [0.25, 0.3) is 5.91 Å². The highest BCUT2D eigenvalue weighted by Crippen LogP contribution is 2.28.